The molecular formula is C24H23FN6O5S. The maximum Gasteiger partial charge on any atom is 0.281 e. The molecule has 1 saturated heterocycles. The molecule has 4 aromatic rings. The van der Waals surface area contributed by atoms with Gasteiger partial charge in [0, 0.05) is 25.1 Å². The number of rotatable bonds is 5. The van der Waals surface area contributed by atoms with Gasteiger partial charge in [-0.3, -0.25) is 4.79 Å². The van der Waals surface area contributed by atoms with Gasteiger partial charge in [0.25, 0.3) is 5.56 Å². The lowest BCUT2D eigenvalue weighted by Crippen LogP contribution is -2.40. The Bertz CT molecular complexity index is 1640. The molecule has 2 aliphatic heterocycles. The minimum Gasteiger partial charge on any atom is -0.486 e. The third-order valence-electron chi connectivity index (χ3n) is 6.56. The van der Waals surface area contributed by atoms with E-state index in [1.165, 1.54) is 33.3 Å². The van der Waals surface area contributed by atoms with Crippen LogP contribution in [0.25, 0.3) is 11.2 Å². The van der Waals surface area contributed by atoms with E-state index in [0.29, 0.717) is 49.9 Å². The highest BCUT2D eigenvalue weighted by atomic mass is 32.2. The Labute approximate surface area is 210 Å². The zero-order valence-electron chi connectivity index (χ0n) is 19.6. The van der Waals surface area contributed by atoms with E-state index in [9.17, 15) is 17.6 Å². The predicted octanol–water partition coefficient (Wildman–Crippen LogP) is 2.04. The zero-order valence-corrected chi connectivity index (χ0v) is 20.4. The van der Waals surface area contributed by atoms with E-state index in [1.807, 2.05) is 0 Å². The van der Waals surface area contributed by atoms with Gasteiger partial charge < -0.3 is 14.5 Å². The first-order valence-corrected chi connectivity index (χ1v) is 13.3. The summed E-state index contributed by atoms with van der Waals surface area (Å²) in [4.78, 5) is 20.3. The van der Waals surface area contributed by atoms with Gasteiger partial charge in [-0.25, -0.2) is 22.5 Å². The van der Waals surface area contributed by atoms with Crippen LogP contribution in [0.5, 0.6) is 11.5 Å². The highest BCUT2D eigenvalue weighted by Crippen LogP contribution is 2.35. The molecule has 0 amide bonds. The summed E-state index contributed by atoms with van der Waals surface area (Å²) in [5.41, 5.74) is 0.695. The quantitative estimate of drug-likeness (QED) is 0.418. The Morgan fingerprint density at radius 3 is 2.68 bits per heavy atom. The van der Waals surface area contributed by atoms with E-state index < -0.39 is 15.6 Å². The van der Waals surface area contributed by atoms with Gasteiger partial charge in [-0.1, -0.05) is 17.3 Å². The van der Waals surface area contributed by atoms with Gasteiger partial charge in [0.15, 0.2) is 22.7 Å². The third-order valence-corrected chi connectivity index (χ3v) is 8.42. The molecule has 2 aromatic heterocycles. The number of benzene rings is 2. The number of ether oxygens (including phenoxy) is 2. The summed E-state index contributed by atoms with van der Waals surface area (Å²) in [6.07, 6.45) is 1.25. The minimum absolute atomic E-state index is 0.0856. The van der Waals surface area contributed by atoms with Gasteiger partial charge in [0.2, 0.25) is 10.0 Å². The van der Waals surface area contributed by atoms with Crippen molar-refractivity contribution in [2.75, 3.05) is 26.3 Å². The molecule has 2 aliphatic rings. The van der Waals surface area contributed by atoms with Crippen molar-refractivity contribution in [2.45, 2.75) is 30.2 Å². The van der Waals surface area contributed by atoms with Gasteiger partial charge in [0.1, 0.15) is 24.9 Å². The second-order valence-electron chi connectivity index (χ2n) is 9.00. The summed E-state index contributed by atoms with van der Waals surface area (Å²) in [5.74, 6) is 0.619. The molecular weight excluding hydrogens is 503 g/mol. The number of hydrogen-bond donors (Lipinski definition) is 1. The number of halogens is 1. The van der Waals surface area contributed by atoms with Gasteiger partial charge in [0.05, 0.1) is 11.4 Å². The molecule has 0 bridgehead atoms. The summed E-state index contributed by atoms with van der Waals surface area (Å²) < 4.78 is 54.1. The van der Waals surface area contributed by atoms with Gasteiger partial charge in [-0.05, 0) is 42.7 Å². The van der Waals surface area contributed by atoms with E-state index in [1.54, 1.807) is 18.2 Å². The number of fused-ring (bicyclic) bond motifs is 2. The lowest BCUT2D eigenvalue weighted by molar-refractivity contribution is 0.171. The molecule has 0 spiro atoms. The largest absolute Gasteiger partial charge is 0.486 e. The van der Waals surface area contributed by atoms with Crippen molar-refractivity contribution in [3.63, 3.8) is 0 Å². The fourth-order valence-electron chi connectivity index (χ4n) is 4.66. The normalized spacial score (nSPS) is 18.2. The standard InChI is InChI=1S/C24H23FN6O5S/c25-17-5-3-15(4-6-17)13-31-23-21(28-29-31)24(32)27-22(26-23)16-2-1-9-30(14-16)37(33,34)18-7-8-19-20(12-18)36-11-10-35-19/h3-8,12,16H,1-2,9-11,13-14H2,(H,26,27,32)/t16-/m1/s1. The van der Waals surface area contributed by atoms with E-state index in [0.717, 1.165) is 5.56 Å². The van der Waals surface area contributed by atoms with Crippen molar-refractivity contribution < 1.29 is 22.3 Å². The maximum absolute atomic E-state index is 13.5. The zero-order chi connectivity index (χ0) is 25.6. The number of nitrogens with zero attached hydrogens (tertiary/aromatic N) is 5. The summed E-state index contributed by atoms with van der Waals surface area (Å²) in [5, 5.41) is 8.00. The van der Waals surface area contributed by atoms with Crippen molar-refractivity contribution in [1.82, 2.24) is 29.3 Å². The number of aromatic nitrogens is 5. The molecule has 0 saturated carbocycles. The van der Waals surface area contributed by atoms with Crippen LogP contribution >= 0.6 is 0 Å². The lowest BCUT2D eigenvalue weighted by atomic mass is 9.99. The molecule has 0 radical (unpaired) electrons. The number of H-pyrrole nitrogens is 1. The summed E-state index contributed by atoms with van der Waals surface area (Å²) >= 11 is 0. The van der Waals surface area contributed by atoms with E-state index in [-0.39, 0.29) is 40.9 Å². The van der Waals surface area contributed by atoms with Crippen molar-refractivity contribution in [2.24, 2.45) is 0 Å². The molecule has 192 valence electrons. The fraction of sp³-hybridized carbons (Fsp3) is 0.333. The van der Waals surface area contributed by atoms with Crippen LogP contribution in [0, 0.1) is 5.82 Å². The molecule has 37 heavy (non-hydrogen) atoms. The number of nitrogens with one attached hydrogen (secondary N) is 1. The molecule has 13 heteroatoms. The number of piperidine rings is 1. The first-order chi connectivity index (χ1) is 17.9. The summed E-state index contributed by atoms with van der Waals surface area (Å²) in [6.45, 7) is 1.54. The summed E-state index contributed by atoms with van der Waals surface area (Å²) in [7, 11) is -3.81. The molecule has 1 N–H and O–H groups in total. The Morgan fingerprint density at radius 1 is 1.08 bits per heavy atom. The third kappa shape index (κ3) is 4.44. The SMILES string of the molecule is O=c1[nH]c([C@@H]2CCCN(S(=O)(=O)c3ccc4c(c3)OCCO4)C2)nc2c1nnn2Cc1ccc(F)cc1. The fourth-order valence-corrected chi connectivity index (χ4v) is 6.20. The van der Waals surface area contributed by atoms with Crippen LogP contribution in [0.3, 0.4) is 0 Å². The summed E-state index contributed by atoms with van der Waals surface area (Å²) in [6, 6.07) is 10.5. The average Bonchev–Trinajstić information content (AvgIpc) is 3.33. The van der Waals surface area contributed by atoms with Crippen LogP contribution in [0.1, 0.15) is 30.1 Å². The number of hydrogen-bond acceptors (Lipinski definition) is 8. The number of sulfonamides is 1. The van der Waals surface area contributed by atoms with Crippen LogP contribution in [0.2, 0.25) is 0 Å². The highest BCUT2D eigenvalue weighted by Gasteiger charge is 2.33. The van der Waals surface area contributed by atoms with Gasteiger partial charge in [-0.15, -0.1) is 5.10 Å². The van der Waals surface area contributed by atoms with Crippen molar-refractivity contribution in [3.8, 4) is 11.5 Å². The number of aromatic amines is 1. The Morgan fingerprint density at radius 2 is 1.86 bits per heavy atom. The molecule has 4 heterocycles. The van der Waals surface area contributed by atoms with Crippen LogP contribution in [0.4, 0.5) is 4.39 Å². The van der Waals surface area contributed by atoms with E-state index in [2.05, 4.69) is 20.3 Å². The first kappa shape index (κ1) is 23.6. The Balaban J connectivity index is 1.28. The van der Waals surface area contributed by atoms with Crippen molar-refractivity contribution in [3.05, 3.63) is 70.0 Å². The molecule has 0 unspecified atom stereocenters. The second kappa shape index (κ2) is 9.23. The topological polar surface area (TPSA) is 132 Å². The van der Waals surface area contributed by atoms with E-state index >= 15 is 0 Å². The van der Waals surface area contributed by atoms with Crippen LogP contribution < -0.4 is 15.0 Å². The smallest absolute Gasteiger partial charge is 0.281 e. The highest BCUT2D eigenvalue weighted by molar-refractivity contribution is 7.89. The van der Waals surface area contributed by atoms with Crippen LogP contribution in [-0.4, -0.2) is 64.0 Å². The monoisotopic (exact) mass is 526 g/mol. The lowest BCUT2D eigenvalue weighted by Gasteiger charge is -2.31. The first-order valence-electron chi connectivity index (χ1n) is 11.9. The van der Waals surface area contributed by atoms with Crippen LogP contribution in [0.15, 0.2) is 52.2 Å². The van der Waals surface area contributed by atoms with Crippen LogP contribution in [-0.2, 0) is 16.6 Å². The molecule has 0 aliphatic carbocycles. The average molecular weight is 527 g/mol. The molecule has 2 aromatic carbocycles. The maximum atomic E-state index is 13.5. The molecule has 6 rings (SSSR count). The van der Waals surface area contributed by atoms with Crippen molar-refractivity contribution >= 4 is 21.2 Å². The second-order valence-corrected chi connectivity index (χ2v) is 10.9. The molecule has 11 nitrogen and oxygen atoms in total. The predicted molar refractivity (Wildman–Crippen MR) is 130 cm³/mol. The molecule has 1 atom stereocenters. The Kier molecular flexibility index (Phi) is 5.88. The van der Waals surface area contributed by atoms with Crippen molar-refractivity contribution in [1.29, 1.82) is 0 Å². The minimum atomic E-state index is -3.81. The van der Waals surface area contributed by atoms with Gasteiger partial charge in [-0.2, -0.15) is 4.31 Å². The van der Waals surface area contributed by atoms with E-state index in [4.69, 9.17) is 9.47 Å². The molecule has 1 fully saturated rings. The Hall–Kier alpha value is -3.84. The van der Waals surface area contributed by atoms with Gasteiger partial charge >= 0.3 is 0 Å².